The summed E-state index contributed by atoms with van der Waals surface area (Å²) in [5.74, 6) is 2.06. The van der Waals surface area contributed by atoms with Crippen molar-refractivity contribution in [2.45, 2.75) is 19.3 Å². The maximum absolute atomic E-state index is 10.2. The molecule has 1 aromatic heterocycles. The van der Waals surface area contributed by atoms with Gasteiger partial charge in [-0.1, -0.05) is 18.2 Å². The van der Waals surface area contributed by atoms with Crippen molar-refractivity contribution >= 4 is 6.08 Å². The molecule has 26 heavy (non-hydrogen) atoms. The van der Waals surface area contributed by atoms with Crippen LogP contribution >= 0.6 is 0 Å². The Morgan fingerprint density at radius 3 is 2.58 bits per heavy atom. The van der Waals surface area contributed by atoms with Gasteiger partial charge in [0.15, 0.2) is 11.5 Å². The first-order valence-corrected chi connectivity index (χ1v) is 8.86. The van der Waals surface area contributed by atoms with E-state index in [-0.39, 0.29) is 5.75 Å². The number of ether oxygens (including phenoxy) is 1. The molecule has 5 nitrogen and oxygen atoms in total. The van der Waals surface area contributed by atoms with E-state index < -0.39 is 0 Å². The molecular weight excluding hydrogens is 328 g/mol. The summed E-state index contributed by atoms with van der Waals surface area (Å²) in [7, 11) is 0. The zero-order valence-corrected chi connectivity index (χ0v) is 14.2. The van der Waals surface area contributed by atoms with E-state index in [0.717, 1.165) is 12.0 Å². The summed E-state index contributed by atoms with van der Waals surface area (Å²) in [5, 5.41) is 18.5. The van der Waals surface area contributed by atoms with Gasteiger partial charge in [-0.15, -0.1) is 10.2 Å². The van der Waals surface area contributed by atoms with Crippen LogP contribution < -0.4 is 4.74 Å². The monoisotopic (exact) mass is 346 g/mol. The maximum atomic E-state index is 10.2. The van der Waals surface area contributed by atoms with E-state index in [2.05, 4.69) is 34.5 Å². The molecule has 0 amide bonds. The second kappa shape index (κ2) is 6.02. The van der Waals surface area contributed by atoms with Crippen molar-refractivity contribution in [2.75, 3.05) is 6.61 Å². The zero-order chi connectivity index (χ0) is 17.5. The molecule has 2 aliphatic carbocycles. The van der Waals surface area contributed by atoms with Crippen LogP contribution in [0.4, 0.5) is 0 Å². The van der Waals surface area contributed by atoms with Crippen molar-refractivity contribution in [2.24, 2.45) is 5.92 Å². The number of phenolic OH excluding ortho intramolecular Hbond substituents is 1. The van der Waals surface area contributed by atoms with Crippen molar-refractivity contribution in [1.82, 2.24) is 10.2 Å². The van der Waals surface area contributed by atoms with Gasteiger partial charge in [-0.3, -0.25) is 0 Å². The van der Waals surface area contributed by atoms with Gasteiger partial charge in [0.2, 0.25) is 11.8 Å². The quantitative estimate of drug-likeness (QED) is 0.738. The lowest BCUT2D eigenvalue weighted by Crippen LogP contribution is -1.99. The standard InChI is InChI=1S/C21H18N2O3/c24-18-11-17(8-9-19(18)25-12-13-4-5-13)21-23-22-20(26-21)16-7-6-14-2-1-3-15(14)10-16/h1,3,6-11,13,24H,2,4-5,12H2. The molecule has 1 heterocycles. The first kappa shape index (κ1) is 15.2. The topological polar surface area (TPSA) is 68.4 Å². The Morgan fingerprint density at radius 1 is 1.04 bits per heavy atom. The number of phenols is 1. The van der Waals surface area contributed by atoms with Crippen LogP contribution in [0.1, 0.15) is 24.0 Å². The Labute approximate surface area is 151 Å². The minimum absolute atomic E-state index is 0.0885. The van der Waals surface area contributed by atoms with E-state index in [1.54, 1.807) is 12.1 Å². The maximum Gasteiger partial charge on any atom is 0.248 e. The molecule has 130 valence electrons. The van der Waals surface area contributed by atoms with Crippen molar-refractivity contribution in [3.8, 4) is 34.4 Å². The molecule has 1 saturated carbocycles. The fourth-order valence-corrected chi connectivity index (χ4v) is 3.10. The molecule has 1 N–H and O–H groups in total. The van der Waals surface area contributed by atoms with Crippen molar-refractivity contribution in [3.05, 3.63) is 53.6 Å². The summed E-state index contributed by atoms with van der Waals surface area (Å²) >= 11 is 0. The smallest absolute Gasteiger partial charge is 0.248 e. The lowest BCUT2D eigenvalue weighted by atomic mass is 10.1. The number of allylic oxidation sites excluding steroid dienone is 1. The van der Waals surface area contributed by atoms with E-state index in [1.807, 2.05) is 12.1 Å². The fraction of sp³-hybridized carbons (Fsp3) is 0.238. The number of fused-ring (bicyclic) bond motifs is 1. The van der Waals surface area contributed by atoms with Gasteiger partial charge in [0, 0.05) is 11.1 Å². The average Bonchev–Trinajstić information content (AvgIpc) is 3.16. The third-order valence-electron chi connectivity index (χ3n) is 4.83. The molecule has 0 radical (unpaired) electrons. The van der Waals surface area contributed by atoms with E-state index in [1.165, 1.54) is 24.0 Å². The highest BCUT2D eigenvalue weighted by Crippen LogP contribution is 2.35. The van der Waals surface area contributed by atoms with Crippen molar-refractivity contribution < 1.29 is 14.3 Å². The van der Waals surface area contributed by atoms with E-state index in [9.17, 15) is 5.11 Å². The van der Waals surface area contributed by atoms with E-state index in [0.29, 0.717) is 35.6 Å². The Kier molecular flexibility index (Phi) is 3.52. The summed E-state index contributed by atoms with van der Waals surface area (Å²) < 4.78 is 11.5. The molecule has 3 aromatic rings. The van der Waals surface area contributed by atoms with Crippen molar-refractivity contribution in [3.63, 3.8) is 0 Å². The lowest BCUT2D eigenvalue weighted by molar-refractivity contribution is 0.284. The Bertz CT molecular complexity index is 1000. The van der Waals surface area contributed by atoms with Gasteiger partial charge >= 0.3 is 0 Å². The highest BCUT2D eigenvalue weighted by molar-refractivity contribution is 5.68. The van der Waals surface area contributed by atoms with Crippen LogP contribution in [0.3, 0.4) is 0 Å². The number of hydrogen-bond donors (Lipinski definition) is 1. The number of rotatable bonds is 5. The Balaban J connectivity index is 1.39. The summed E-state index contributed by atoms with van der Waals surface area (Å²) in [5.41, 5.74) is 4.06. The number of aromatic hydroxyl groups is 1. The summed E-state index contributed by atoms with van der Waals surface area (Å²) in [4.78, 5) is 0. The Morgan fingerprint density at radius 2 is 1.81 bits per heavy atom. The molecule has 5 rings (SSSR count). The minimum atomic E-state index is 0.0885. The van der Waals surface area contributed by atoms with Crippen LogP contribution in [0.5, 0.6) is 11.5 Å². The fourth-order valence-electron chi connectivity index (χ4n) is 3.10. The van der Waals surface area contributed by atoms with Gasteiger partial charge in [-0.25, -0.2) is 0 Å². The van der Waals surface area contributed by atoms with Gasteiger partial charge < -0.3 is 14.3 Å². The molecule has 0 bridgehead atoms. The third-order valence-corrected chi connectivity index (χ3v) is 4.83. The molecule has 2 aliphatic rings. The lowest BCUT2D eigenvalue weighted by Gasteiger charge is -2.07. The Hall–Kier alpha value is -3.08. The van der Waals surface area contributed by atoms with Crippen LogP contribution in [0.2, 0.25) is 0 Å². The first-order chi connectivity index (χ1) is 12.8. The minimum Gasteiger partial charge on any atom is -0.504 e. The number of nitrogens with zero attached hydrogens (tertiary/aromatic N) is 2. The van der Waals surface area contributed by atoms with Gasteiger partial charge in [-0.05, 0) is 66.6 Å². The molecule has 0 atom stereocenters. The van der Waals surface area contributed by atoms with Crippen molar-refractivity contribution in [1.29, 1.82) is 0 Å². The first-order valence-electron chi connectivity index (χ1n) is 8.86. The molecule has 0 spiro atoms. The van der Waals surface area contributed by atoms with Gasteiger partial charge in [-0.2, -0.15) is 0 Å². The zero-order valence-electron chi connectivity index (χ0n) is 14.2. The average molecular weight is 346 g/mol. The van der Waals surface area contributed by atoms with Crippen LogP contribution in [-0.2, 0) is 6.42 Å². The van der Waals surface area contributed by atoms with Gasteiger partial charge in [0.25, 0.3) is 0 Å². The highest BCUT2D eigenvalue weighted by Gasteiger charge is 2.22. The normalized spacial score (nSPS) is 15.2. The largest absolute Gasteiger partial charge is 0.504 e. The third kappa shape index (κ3) is 2.86. The van der Waals surface area contributed by atoms with Gasteiger partial charge in [0.1, 0.15) is 0 Å². The van der Waals surface area contributed by atoms with Gasteiger partial charge in [0.05, 0.1) is 6.61 Å². The molecule has 5 heteroatoms. The summed E-state index contributed by atoms with van der Waals surface area (Å²) in [6.45, 7) is 0.657. The molecular formula is C21H18N2O3. The second-order valence-corrected chi connectivity index (χ2v) is 6.87. The summed E-state index contributed by atoms with van der Waals surface area (Å²) in [6, 6.07) is 11.3. The van der Waals surface area contributed by atoms with Crippen LogP contribution in [0.25, 0.3) is 29.0 Å². The van der Waals surface area contributed by atoms with Crippen LogP contribution in [-0.4, -0.2) is 21.9 Å². The summed E-state index contributed by atoms with van der Waals surface area (Å²) in [6.07, 6.45) is 7.64. The number of benzene rings is 2. The van der Waals surface area contributed by atoms with E-state index in [4.69, 9.17) is 9.15 Å². The number of aromatic nitrogens is 2. The second-order valence-electron chi connectivity index (χ2n) is 6.87. The van der Waals surface area contributed by atoms with E-state index >= 15 is 0 Å². The predicted octanol–water partition coefficient (Wildman–Crippen LogP) is 4.47. The van der Waals surface area contributed by atoms with Crippen LogP contribution in [0, 0.1) is 5.92 Å². The molecule has 1 fully saturated rings. The molecule has 2 aromatic carbocycles. The molecule has 0 unspecified atom stereocenters. The molecule has 0 saturated heterocycles. The number of hydrogen-bond acceptors (Lipinski definition) is 5. The highest BCUT2D eigenvalue weighted by atomic mass is 16.5. The SMILES string of the molecule is Oc1cc(-c2nnc(-c3ccc4c(c3)C=CC4)o2)ccc1OCC1CC1. The molecule has 0 aliphatic heterocycles. The predicted molar refractivity (Wildman–Crippen MR) is 97.8 cm³/mol. The van der Waals surface area contributed by atoms with Crippen LogP contribution in [0.15, 0.2) is 46.9 Å².